The molecule has 1 atom stereocenters. The fraction of sp³-hybridized carbons (Fsp3) is 0.280. The summed E-state index contributed by atoms with van der Waals surface area (Å²) in [4.78, 5) is 33.4. The summed E-state index contributed by atoms with van der Waals surface area (Å²) in [6.45, 7) is 1.22. The number of rotatable bonds is 8. The molecule has 2 aromatic heterocycles. The van der Waals surface area contributed by atoms with Crippen LogP contribution in [0.2, 0.25) is 5.21 Å². The molecular weight excluding hydrogens is 493 g/mol. The molecule has 1 saturated heterocycles. The number of carbonyl (C=O) groups excluding carboxylic acids is 2. The van der Waals surface area contributed by atoms with Gasteiger partial charge in [-0.15, -0.1) is 0 Å². The first-order valence-corrected chi connectivity index (χ1v) is 13.5. The molecule has 1 aromatic carbocycles. The van der Waals surface area contributed by atoms with Gasteiger partial charge in [0.2, 0.25) is 0 Å². The first-order valence-electron chi connectivity index (χ1n) is 11.2. The van der Waals surface area contributed by atoms with Gasteiger partial charge in [-0.1, -0.05) is 6.07 Å². The average molecular weight is 520 g/mol. The van der Waals surface area contributed by atoms with Crippen LogP contribution in [-0.2, 0) is 11.3 Å². The van der Waals surface area contributed by atoms with Gasteiger partial charge >= 0.3 is 176 Å². The Morgan fingerprint density at radius 1 is 1.15 bits per heavy atom. The second-order valence-electron chi connectivity index (χ2n) is 7.87. The number of aromatic nitrogens is 2. The van der Waals surface area contributed by atoms with Gasteiger partial charge in [0.25, 0.3) is 0 Å². The molecule has 1 radical (unpaired) electrons. The van der Waals surface area contributed by atoms with Crippen LogP contribution in [-0.4, -0.2) is 57.4 Å². The second-order valence-corrected chi connectivity index (χ2v) is 10.2. The molecule has 3 N–H and O–H groups in total. The van der Waals surface area contributed by atoms with Crippen LogP contribution >= 0.6 is 0 Å². The topological polar surface area (TPSA) is 105 Å². The van der Waals surface area contributed by atoms with Crippen molar-refractivity contribution in [2.24, 2.45) is 0 Å². The van der Waals surface area contributed by atoms with Crippen molar-refractivity contribution in [3.63, 3.8) is 0 Å². The van der Waals surface area contributed by atoms with Crippen LogP contribution in [0.1, 0.15) is 28.8 Å². The van der Waals surface area contributed by atoms with Gasteiger partial charge in [-0.2, -0.15) is 0 Å². The van der Waals surface area contributed by atoms with Crippen molar-refractivity contribution in [1.29, 1.82) is 0 Å². The molecular formula is C25H27AsN5O3. The standard InChI is InChI=1S/C25H27AsN5O3/c1-27-24(32)21-10-11-22(31-23(21)26-14-20-5-3-13-34-20)18-6-8-19(9-7-18)30-25(33)29-16-17-4-2-12-28-15-17/h2,4,6-12,15,20H,3,5,13-14,16H2,1H3,(H,27,32)(H2,29,30,33). The molecule has 34 heavy (non-hydrogen) atoms. The molecule has 4 rings (SSSR count). The zero-order chi connectivity index (χ0) is 23.8. The van der Waals surface area contributed by atoms with Crippen LogP contribution in [0.5, 0.6) is 0 Å². The van der Waals surface area contributed by atoms with Crippen molar-refractivity contribution < 1.29 is 14.3 Å². The van der Waals surface area contributed by atoms with Crippen molar-refractivity contribution in [3.8, 4) is 11.3 Å². The van der Waals surface area contributed by atoms with Crippen molar-refractivity contribution in [3.05, 3.63) is 72.1 Å². The molecule has 175 valence electrons. The van der Waals surface area contributed by atoms with Gasteiger partial charge in [0.05, 0.1) is 0 Å². The van der Waals surface area contributed by atoms with E-state index in [2.05, 4.69) is 20.9 Å². The molecule has 9 heteroatoms. The molecule has 0 aliphatic carbocycles. The van der Waals surface area contributed by atoms with E-state index in [1.165, 1.54) is 0 Å². The van der Waals surface area contributed by atoms with Crippen LogP contribution < -0.4 is 20.4 Å². The minimum atomic E-state index is -0.297. The maximum absolute atomic E-state index is 12.4. The quantitative estimate of drug-likeness (QED) is 0.397. The number of nitrogens with zero attached hydrogens (tertiary/aromatic N) is 2. The summed E-state index contributed by atoms with van der Waals surface area (Å²) >= 11 is -0.297. The van der Waals surface area contributed by atoms with E-state index in [-0.39, 0.29) is 33.8 Å². The number of pyridine rings is 2. The van der Waals surface area contributed by atoms with Crippen molar-refractivity contribution in [1.82, 2.24) is 20.6 Å². The van der Waals surface area contributed by atoms with Gasteiger partial charge in [0, 0.05) is 12.4 Å². The van der Waals surface area contributed by atoms with Crippen LogP contribution in [0.25, 0.3) is 11.3 Å². The van der Waals surface area contributed by atoms with Crippen LogP contribution in [0.3, 0.4) is 0 Å². The summed E-state index contributed by atoms with van der Waals surface area (Å²) in [5.74, 6) is -0.117. The molecule has 3 aromatic rings. The van der Waals surface area contributed by atoms with Gasteiger partial charge in [0.15, 0.2) is 0 Å². The van der Waals surface area contributed by atoms with E-state index in [4.69, 9.17) is 9.72 Å². The fourth-order valence-electron chi connectivity index (χ4n) is 3.60. The molecule has 0 saturated carbocycles. The van der Waals surface area contributed by atoms with E-state index in [0.717, 1.165) is 46.0 Å². The van der Waals surface area contributed by atoms with E-state index in [9.17, 15) is 9.59 Å². The third-order valence-electron chi connectivity index (χ3n) is 5.43. The van der Waals surface area contributed by atoms with E-state index < -0.39 is 0 Å². The predicted octanol–water partition coefficient (Wildman–Crippen LogP) is 2.75. The predicted molar refractivity (Wildman–Crippen MR) is 132 cm³/mol. The summed E-state index contributed by atoms with van der Waals surface area (Å²) < 4.78 is 6.62. The first-order chi connectivity index (χ1) is 16.6. The second kappa shape index (κ2) is 11.8. The van der Waals surface area contributed by atoms with Crippen molar-refractivity contribution in [2.45, 2.75) is 30.7 Å². The zero-order valence-corrected chi connectivity index (χ0v) is 20.8. The Labute approximate surface area is 205 Å². The number of ether oxygens (including phenoxy) is 1. The molecule has 8 nitrogen and oxygen atoms in total. The molecule has 0 spiro atoms. The van der Waals surface area contributed by atoms with Gasteiger partial charge in [0.1, 0.15) is 0 Å². The fourth-order valence-corrected chi connectivity index (χ4v) is 6.10. The van der Waals surface area contributed by atoms with Crippen LogP contribution in [0.4, 0.5) is 10.5 Å². The SMILES string of the molecule is CNC(=O)c1ccc(-c2ccc(NC(=O)NCc3cccnc3)cc2)nc1[As]CC1CCCO1. The van der Waals surface area contributed by atoms with E-state index in [1.54, 1.807) is 19.4 Å². The Balaban J connectivity index is 1.41. The average Bonchev–Trinajstić information content (AvgIpc) is 3.40. The number of carbonyl (C=O) groups is 2. The molecule has 0 bridgehead atoms. The van der Waals surface area contributed by atoms with E-state index in [1.807, 2.05) is 48.5 Å². The summed E-state index contributed by atoms with van der Waals surface area (Å²) in [5, 5.41) is 9.29. The Morgan fingerprint density at radius 3 is 2.71 bits per heavy atom. The molecule has 1 aliphatic rings. The Morgan fingerprint density at radius 2 is 2.00 bits per heavy atom. The van der Waals surface area contributed by atoms with E-state index in [0.29, 0.717) is 17.8 Å². The normalized spacial score (nSPS) is 15.4. The number of urea groups is 1. The van der Waals surface area contributed by atoms with Gasteiger partial charge in [-0.25, -0.2) is 0 Å². The molecule has 1 fully saturated rings. The Kier molecular flexibility index (Phi) is 8.28. The minimum absolute atomic E-state index is 0.117. The van der Waals surface area contributed by atoms with Crippen molar-refractivity contribution in [2.75, 3.05) is 19.0 Å². The Bertz CT molecular complexity index is 1120. The zero-order valence-electron chi connectivity index (χ0n) is 19.0. The summed E-state index contributed by atoms with van der Waals surface area (Å²) in [7, 11) is 1.63. The number of nitrogens with one attached hydrogen (secondary N) is 3. The van der Waals surface area contributed by atoms with Gasteiger partial charge < -0.3 is 0 Å². The third-order valence-corrected chi connectivity index (χ3v) is 8.01. The number of amides is 3. The molecule has 3 amide bonds. The summed E-state index contributed by atoms with van der Waals surface area (Å²) in [5.41, 5.74) is 3.96. The number of hydrogen-bond donors (Lipinski definition) is 3. The maximum atomic E-state index is 12.4. The first kappa shape index (κ1) is 23.9. The number of anilines is 1. The van der Waals surface area contributed by atoms with Crippen LogP contribution in [0, 0.1) is 0 Å². The summed E-state index contributed by atoms with van der Waals surface area (Å²) in [6.07, 6.45) is 5.87. The monoisotopic (exact) mass is 520 g/mol. The third kappa shape index (κ3) is 6.43. The number of hydrogen-bond acceptors (Lipinski definition) is 5. The van der Waals surface area contributed by atoms with Crippen LogP contribution in [0.15, 0.2) is 60.9 Å². The number of benzene rings is 1. The van der Waals surface area contributed by atoms with E-state index >= 15 is 0 Å². The van der Waals surface area contributed by atoms with Crippen molar-refractivity contribution >= 4 is 37.9 Å². The molecule has 1 unspecified atom stereocenters. The Hall–Kier alpha value is -3.22. The van der Waals surface area contributed by atoms with Gasteiger partial charge in [-0.3, -0.25) is 4.98 Å². The van der Waals surface area contributed by atoms with Gasteiger partial charge in [-0.05, 0) is 6.07 Å². The molecule has 3 heterocycles. The summed E-state index contributed by atoms with van der Waals surface area (Å²) in [6, 6.07) is 14.7. The molecule has 1 aliphatic heterocycles.